The highest BCUT2D eigenvalue weighted by Gasteiger charge is 2.20. The number of hydrogen-bond donors (Lipinski definition) is 2. The third-order valence-electron chi connectivity index (χ3n) is 3.76. The molecule has 1 aromatic carbocycles. The maximum Gasteiger partial charge on any atom is 0.272 e. The summed E-state index contributed by atoms with van der Waals surface area (Å²) < 4.78 is 26.5. The monoisotopic (exact) mass is 392 g/mol. The van der Waals surface area contributed by atoms with Crippen molar-refractivity contribution in [2.75, 3.05) is 11.0 Å². The van der Waals surface area contributed by atoms with E-state index >= 15 is 0 Å². The highest BCUT2D eigenvalue weighted by Crippen LogP contribution is 2.20. The smallest absolute Gasteiger partial charge is 0.272 e. The Morgan fingerprint density at radius 1 is 1.19 bits per heavy atom. The Kier molecular flexibility index (Phi) is 4.88. The molecule has 9 heteroatoms. The van der Waals surface area contributed by atoms with Crippen LogP contribution in [0.3, 0.4) is 0 Å². The molecule has 26 heavy (non-hydrogen) atoms. The van der Waals surface area contributed by atoms with Gasteiger partial charge in [-0.3, -0.25) is 13.9 Å². The minimum Gasteiger partial charge on any atom is -0.344 e. The molecule has 0 fully saturated rings. The normalized spacial score (nSPS) is 12.7. The van der Waals surface area contributed by atoms with Gasteiger partial charge in [-0.1, -0.05) is 29.8 Å². The zero-order valence-corrected chi connectivity index (χ0v) is 15.7. The number of halogens is 1. The molecular formula is C17H17ClN4O3S. The Hall–Kier alpha value is -2.58. The van der Waals surface area contributed by atoms with Gasteiger partial charge in [0.2, 0.25) is 10.0 Å². The lowest BCUT2D eigenvalue weighted by Gasteiger charge is -2.15. The van der Waals surface area contributed by atoms with Crippen molar-refractivity contribution in [2.24, 2.45) is 0 Å². The molecule has 2 aromatic heterocycles. The van der Waals surface area contributed by atoms with Crippen molar-refractivity contribution in [1.82, 2.24) is 14.7 Å². The number of nitrogens with zero attached hydrogens (tertiary/aromatic N) is 2. The molecule has 0 saturated heterocycles. The first-order valence-electron chi connectivity index (χ1n) is 7.76. The lowest BCUT2D eigenvalue weighted by molar-refractivity contribution is 0.0934. The van der Waals surface area contributed by atoms with Gasteiger partial charge in [0.15, 0.2) is 10.8 Å². The number of benzene rings is 1. The first-order valence-corrected chi connectivity index (χ1v) is 10.0. The predicted molar refractivity (Wildman–Crippen MR) is 101 cm³/mol. The van der Waals surface area contributed by atoms with Crippen LogP contribution < -0.4 is 10.0 Å². The number of carbonyl (C=O) groups excluding carboxylic acids is 1. The number of rotatable bonds is 5. The standard InChI is InChI=1S/C17H17ClN4O3S/c1-11(12-6-8-13(9-7-12)21-26(2,24)25)19-17(23)15-16(18)20-14-5-3-4-10-22(14)15/h3-11,21H,1-2H3,(H,19,23)/t11-/m0/s1. The Morgan fingerprint density at radius 3 is 2.54 bits per heavy atom. The maximum atomic E-state index is 12.6. The number of pyridine rings is 1. The van der Waals surface area contributed by atoms with E-state index in [-0.39, 0.29) is 22.8 Å². The molecule has 2 N–H and O–H groups in total. The second kappa shape index (κ2) is 6.97. The lowest BCUT2D eigenvalue weighted by atomic mass is 10.1. The van der Waals surface area contributed by atoms with Gasteiger partial charge in [0.25, 0.3) is 5.91 Å². The van der Waals surface area contributed by atoms with E-state index < -0.39 is 10.0 Å². The summed E-state index contributed by atoms with van der Waals surface area (Å²) in [5.74, 6) is -0.348. The zero-order valence-electron chi connectivity index (χ0n) is 14.1. The molecule has 3 rings (SSSR count). The summed E-state index contributed by atoms with van der Waals surface area (Å²) in [5, 5.41) is 3.01. The maximum absolute atomic E-state index is 12.6. The fourth-order valence-corrected chi connectivity index (χ4v) is 3.40. The van der Waals surface area contributed by atoms with Crippen LogP contribution in [0.2, 0.25) is 5.15 Å². The zero-order chi connectivity index (χ0) is 18.9. The quantitative estimate of drug-likeness (QED) is 0.698. The minimum absolute atomic E-state index is 0.133. The van der Waals surface area contributed by atoms with E-state index in [4.69, 9.17) is 11.6 Å². The van der Waals surface area contributed by atoms with Crippen molar-refractivity contribution in [3.8, 4) is 0 Å². The molecule has 0 saturated carbocycles. The van der Waals surface area contributed by atoms with Crippen LogP contribution in [-0.4, -0.2) is 30.0 Å². The molecule has 136 valence electrons. The molecule has 3 aromatic rings. The number of anilines is 1. The van der Waals surface area contributed by atoms with Gasteiger partial charge in [-0.25, -0.2) is 13.4 Å². The van der Waals surface area contributed by atoms with Crippen molar-refractivity contribution in [3.63, 3.8) is 0 Å². The molecular weight excluding hydrogens is 376 g/mol. The summed E-state index contributed by atoms with van der Waals surface area (Å²) in [7, 11) is -3.33. The van der Waals surface area contributed by atoms with Crippen molar-refractivity contribution < 1.29 is 13.2 Å². The van der Waals surface area contributed by atoms with Crippen LogP contribution in [0.1, 0.15) is 29.0 Å². The number of fused-ring (bicyclic) bond motifs is 1. The summed E-state index contributed by atoms with van der Waals surface area (Å²) >= 11 is 6.12. The third kappa shape index (κ3) is 3.97. The second-order valence-electron chi connectivity index (χ2n) is 5.87. The number of imidazole rings is 1. The highest BCUT2D eigenvalue weighted by molar-refractivity contribution is 7.92. The Balaban J connectivity index is 1.78. The van der Waals surface area contributed by atoms with E-state index in [1.165, 1.54) is 0 Å². The highest BCUT2D eigenvalue weighted by atomic mass is 35.5. The largest absolute Gasteiger partial charge is 0.344 e. The first kappa shape index (κ1) is 18.2. The van der Waals surface area contributed by atoms with Gasteiger partial charge in [0.1, 0.15) is 5.65 Å². The average molecular weight is 393 g/mol. The van der Waals surface area contributed by atoms with Gasteiger partial charge in [-0.05, 0) is 36.8 Å². The molecule has 0 radical (unpaired) electrons. The van der Waals surface area contributed by atoms with Gasteiger partial charge >= 0.3 is 0 Å². The summed E-state index contributed by atoms with van der Waals surface area (Å²) in [4.78, 5) is 16.8. The number of sulfonamides is 1. The van der Waals surface area contributed by atoms with Gasteiger partial charge in [-0.15, -0.1) is 0 Å². The van der Waals surface area contributed by atoms with Crippen LogP contribution >= 0.6 is 11.6 Å². The van der Waals surface area contributed by atoms with Gasteiger partial charge in [0.05, 0.1) is 12.3 Å². The Bertz CT molecular complexity index is 1060. The lowest BCUT2D eigenvalue weighted by Crippen LogP contribution is -2.28. The predicted octanol–water partition coefficient (Wildman–Crippen LogP) is 2.85. The molecule has 0 aliphatic heterocycles. The molecule has 0 aliphatic carbocycles. The summed E-state index contributed by atoms with van der Waals surface area (Å²) in [6, 6.07) is 11.8. The third-order valence-corrected chi connectivity index (χ3v) is 4.63. The van der Waals surface area contributed by atoms with E-state index in [1.807, 2.05) is 13.0 Å². The van der Waals surface area contributed by atoms with Crippen molar-refractivity contribution in [2.45, 2.75) is 13.0 Å². The second-order valence-corrected chi connectivity index (χ2v) is 7.98. The van der Waals surface area contributed by atoms with Crippen LogP contribution in [0.15, 0.2) is 48.7 Å². The van der Waals surface area contributed by atoms with Crippen LogP contribution in [0.4, 0.5) is 5.69 Å². The van der Waals surface area contributed by atoms with E-state index in [0.29, 0.717) is 11.3 Å². The summed E-state index contributed by atoms with van der Waals surface area (Å²) in [6.45, 7) is 1.83. The number of aromatic nitrogens is 2. The number of carbonyl (C=O) groups is 1. The summed E-state index contributed by atoms with van der Waals surface area (Å²) in [5.41, 5.74) is 2.14. The first-order chi connectivity index (χ1) is 12.2. The number of nitrogens with one attached hydrogen (secondary N) is 2. The molecule has 2 heterocycles. The van der Waals surface area contributed by atoms with E-state index in [9.17, 15) is 13.2 Å². The molecule has 0 aliphatic rings. The van der Waals surface area contributed by atoms with Crippen LogP contribution in [0, 0.1) is 0 Å². The topological polar surface area (TPSA) is 92.6 Å². The molecule has 0 spiro atoms. The SMILES string of the molecule is C[C@H](NC(=O)c1c(Cl)nc2ccccn12)c1ccc(NS(C)(=O)=O)cc1. The van der Waals surface area contributed by atoms with Crippen molar-refractivity contribution >= 4 is 38.9 Å². The van der Waals surface area contributed by atoms with Crippen molar-refractivity contribution in [3.05, 3.63) is 65.1 Å². The molecule has 0 bridgehead atoms. The fraction of sp³-hybridized carbons (Fsp3) is 0.176. The van der Waals surface area contributed by atoms with Gasteiger partial charge < -0.3 is 5.32 Å². The van der Waals surface area contributed by atoms with Crippen LogP contribution in [0.5, 0.6) is 0 Å². The van der Waals surface area contributed by atoms with Crippen LogP contribution in [-0.2, 0) is 10.0 Å². The van der Waals surface area contributed by atoms with Gasteiger partial charge in [-0.2, -0.15) is 0 Å². The summed E-state index contributed by atoms with van der Waals surface area (Å²) in [6.07, 6.45) is 2.81. The van der Waals surface area contributed by atoms with Crippen LogP contribution in [0.25, 0.3) is 5.65 Å². The number of hydrogen-bond acceptors (Lipinski definition) is 4. The van der Waals surface area contributed by atoms with E-state index in [0.717, 1.165) is 11.8 Å². The van der Waals surface area contributed by atoms with Gasteiger partial charge in [0, 0.05) is 11.9 Å². The Morgan fingerprint density at radius 2 is 1.88 bits per heavy atom. The molecule has 0 unspecified atom stereocenters. The molecule has 1 atom stereocenters. The molecule has 1 amide bonds. The number of amides is 1. The fourth-order valence-electron chi connectivity index (χ4n) is 2.57. The Labute approximate surface area is 156 Å². The molecule has 7 nitrogen and oxygen atoms in total. The van der Waals surface area contributed by atoms with E-state index in [2.05, 4.69) is 15.0 Å². The average Bonchev–Trinajstić information content (AvgIpc) is 2.89. The van der Waals surface area contributed by atoms with Crippen molar-refractivity contribution in [1.29, 1.82) is 0 Å². The minimum atomic E-state index is -3.33. The van der Waals surface area contributed by atoms with E-state index in [1.54, 1.807) is 47.0 Å².